The maximum Gasteiger partial charge on any atom is 0.362 e. The van der Waals surface area contributed by atoms with Crippen LogP contribution in [0.25, 0.3) is 0 Å². The fourth-order valence-electron chi connectivity index (χ4n) is 1.28. The predicted octanol–water partition coefficient (Wildman–Crippen LogP) is 3.10. The van der Waals surface area contributed by atoms with Crippen molar-refractivity contribution in [3.8, 4) is 0 Å². The molecule has 0 saturated carbocycles. The summed E-state index contributed by atoms with van der Waals surface area (Å²) in [5, 5.41) is 3.63. The van der Waals surface area contributed by atoms with Gasteiger partial charge in [-0.25, -0.2) is 4.79 Å². The SMILES string of the molecule is Cc1onc(C(=O)OCc2ccccc2)c1Br. The monoisotopic (exact) mass is 295 g/mol. The van der Waals surface area contributed by atoms with E-state index in [-0.39, 0.29) is 12.3 Å². The Morgan fingerprint density at radius 1 is 1.41 bits per heavy atom. The number of carbonyl (C=O) groups excluding carboxylic acids is 1. The van der Waals surface area contributed by atoms with E-state index in [9.17, 15) is 4.79 Å². The fraction of sp³-hybridized carbons (Fsp3) is 0.167. The van der Waals surface area contributed by atoms with Gasteiger partial charge in [0.2, 0.25) is 5.69 Å². The Balaban J connectivity index is 2.01. The van der Waals surface area contributed by atoms with Crippen LogP contribution in [0.1, 0.15) is 21.8 Å². The van der Waals surface area contributed by atoms with E-state index >= 15 is 0 Å². The van der Waals surface area contributed by atoms with E-state index < -0.39 is 5.97 Å². The first-order valence-corrected chi connectivity index (χ1v) is 5.80. The van der Waals surface area contributed by atoms with Crippen LogP contribution >= 0.6 is 15.9 Å². The summed E-state index contributed by atoms with van der Waals surface area (Å²) in [5.41, 5.74) is 1.09. The molecule has 0 aliphatic heterocycles. The van der Waals surface area contributed by atoms with Crippen LogP contribution < -0.4 is 0 Å². The molecule has 1 aromatic heterocycles. The molecule has 1 heterocycles. The van der Waals surface area contributed by atoms with Gasteiger partial charge >= 0.3 is 5.97 Å². The molecule has 2 aromatic rings. The Morgan fingerprint density at radius 2 is 2.12 bits per heavy atom. The number of hydrogen-bond donors (Lipinski definition) is 0. The molecule has 4 nitrogen and oxygen atoms in total. The number of ether oxygens (including phenoxy) is 1. The third kappa shape index (κ3) is 2.74. The average molecular weight is 296 g/mol. The maximum atomic E-state index is 11.7. The summed E-state index contributed by atoms with van der Waals surface area (Å²) in [6.45, 7) is 1.93. The molecule has 0 aliphatic rings. The number of halogens is 1. The third-order valence-electron chi connectivity index (χ3n) is 2.20. The van der Waals surface area contributed by atoms with Crippen LogP contribution in [0.15, 0.2) is 39.3 Å². The minimum absolute atomic E-state index is 0.165. The van der Waals surface area contributed by atoms with Crippen LogP contribution in [-0.2, 0) is 11.3 Å². The van der Waals surface area contributed by atoms with Gasteiger partial charge in [0.05, 0.1) is 4.47 Å². The van der Waals surface area contributed by atoms with Crippen LogP contribution in [0.3, 0.4) is 0 Å². The quantitative estimate of drug-likeness (QED) is 0.817. The van der Waals surface area contributed by atoms with Crippen LogP contribution in [-0.4, -0.2) is 11.1 Å². The summed E-state index contributed by atoms with van der Waals surface area (Å²) < 4.78 is 10.5. The molecule has 1 aromatic carbocycles. The minimum atomic E-state index is -0.502. The van der Waals surface area contributed by atoms with Gasteiger partial charge < -0.3 is 9.26 Å². The molecule has 88 valence electrons. The number of hydrogen-bond acceptors (Lipinski definition) is 4. The molecular formula is C12H10BrNO3. The van der Waals surface area contributed by atoms with E-state index in [1.54, 1.807) is 6.92 Å². The lowest BCUT2D eigenvalue weighted by Gasteiger charge is -2.02. The van der Waals surface area contributed by atoms with Gasteiger partial charge in [-0.15, -0.1) is 0 Å². The maximum absolute atomic E-state index is 11.7. The van der Waals surface area contributed by atoms with Gasteiger partial charge in [-0.2, -0.15) is 0 Å². The van der Waals surface area contributed by atoms with Crippen molar-refractivity contribution in [2.75, 3.05) is 0 Å². The predicted molar refractivity (Wildman–Crippen MR) is 64.5 cm³/mol. The zero-order valence-corrected chi connectivity index (χ0v) is 10.7. The lowest BCUT2D eigenvalue weighted by molar-refractivity contribution is 0.0460. The van der Waals surface area contributed by atoms with Gasteiger partial charge in [-0.05, 0) is 28.4 Å². The normalized spacial score (nSPS) is 10.2. The molecule has 5 heteroatoms. The smallest absolute Gasteiger partial charge is 0.362 e. The van der Waals surface area contributed by atoms with Gasteiger partial charge in [0.15, 0.2) is 0 Å². The van der Waals surface area contributed by atoms with E-state index in [1.165, 1.54) is 0 Å². The Labute approximate surface area is 107 Å². The summed E-state index contributed by atoms with van der Waals surface area (Å²) in [7, 11) is 0. The molecule has 17 heavy (non-hydrogen) atoms. The average Bonchev–Trinajstić information content (AvgIpc) is 2.69. The second kappa shape index (κ2) is 5.14. The van der Waals surface area contributed by atoms with Crippen molar-refractivity contribution in [2.24, 2.45) is 0 Å². The molecule has 0 unspecified atom stereocenters. The van der Waals surface area contributed by atoms with Gasteiger partial charge in [-0.3, -0.25) is 0 Å². The summed E-state index contributed by atoms with van der Waals surface area (Å²) in [6, 6.07) is 9.45. The summed E-state index contributed by atoms with van der Waals surface area (Å²) in [6.07, 6.45) is 0. The third-order valence-corrected chi connectivity index (χ3v) is 3.13. The second-order valence-corrected chi connectivity index (χ2v) is 4.26. The van der Waals surface area contributed by atoms with Gasteiger partial charge in [0.25, 0.3) is 0 Å². The highest BCUT2D eigenvalue weighted by molar-refractivity contribution is 9.10. The van der Waals surface area contributed by atoms with Crippen molar-refractivity contribution < 1.29 is 14.1 Å². The van der Waals surface area contributed by atoms with Gasteiger partial charge in [0.1, 0.15) is 12.4 Å². The van der Waals surface area contributed by atoms with Gasteiger partial charge in [0, 0.05) is 0 Å². The van der Waals surface area contributed by atoms with Crippen molar-refractivity contribution in [2.45, 2.75) is 13.5 Å². The highest BCUT2D eigenvalue weighted by Crippen LogP contribution is 2.21. The largest absolute Gasteiger partial charge is 0.456 e. The molecule has 0 saturated heterocycles. The van der Waals surface area contributed by atoms with Crippen LogP contribution in [0.4, 0.5) is 0 Å². The Morgan fingerprint density at radius 3 is 2.71 bits per heavy atom. The van der Waals surface area contributed by atoms with Crippen molar-refractivity contribution in [3.05, 3.63) is 51.8 Å². The van der Waals surface area contributed by atoms with Crippen molar-refractivity contribution in [1.29, 1.82) is 0 Å². The zero-order chi connectivity index (χ0) is 12.3. The van der Waals surface area contributed by atoms with E-state index in [0.717, 1.165) is 5.56 Å². The molecule has 0 N–H and O–H groups in total. The first-order valence-electron chi connectivity index (χ1n) is 5.01. The number of nitrogens with zero attached hydrogens (tertiary/aromatic N) is 1. The number of aromatic nitrogens is 1. The van der Waals surface area contributed by atoms with E-state index in [4.69, 9.17) is 9.26 Å². The van der Waals surface area contributed by atoms with Crippen molar-refractivity contribution in [3.63, 3.8) is 0 Å². The standard InChI is InChI=1S/C12H10BrNO3/c1-8-10(13)11(14-17-8)12(15)16-7-9-5-3-2-4-6-9/h2-6H,7H2,1H3. The number of aryl methyl sites for hydroxylation is 1. The zero-order valence-electron chi connectivity index (χ0n) is 9.14. The molecule has 0 spiro atoms. The molecule has 0 atom stereocenters. The molecule has 2 rings (SSSR count). The van der Waals surface area contributed by atoms with E-state index in [0.29, 0.717) is 10.2 Å². The molecule has 0 amide bonds. The van der Waals surface area contributed by atoms with Crippen molar-refractivity contribution >= 4 is 21.9 Å². The number of esters is 1. The topological polar surface area (TPSA) is 52.3 Å². The highest BCUT2D eigenvalue weighted by Gasteiger charge is 2.19. The fourth-order valence-corrected chi connectivity index (χ4v) is 1.59. The van der Waals surface area contributed by atoms with Crippen molar-refractivity contribution in [1.82, 2.24) is 5.16 Å². The summed E-state index contributed by atoms with van der Waals surface area (Å²) in [4.78, 5) is 11.7. The van der Waals surface area contributed by atoms with Crippen LogP contribution in [0, 0.1) is 6.92 Å². The van der Waals surface area contributed by atoms with Gasteiger partial charge in [-0.1, -0.05) is 35.5 Å². The molecule has 0 bridgehead atoms. The molecular weight excluding hydrogens is 286 g/mol. The lowest BCUT2D eigenvalue weighted by Crippen LogP contribution is -2.06. The lowest BCUT2D eigenvalue weighted by atomic mass is 10.2. The first kappa shape index (κ1) is 11.9. The number of benzene rings is 1. The number of rotatable bonds is 3. The minimum Gasteiger partial charge on any atom is -0.456 e. The first-order chi connectivity index (χ1) is 8.18. The summed E-state index contributed by atoms with van der Waals surface area (Å²) in [5.74, 6) is 0.0502. The second-order valence-electron chi connectivity index (χ2n) is 3.46. The summed E-state index contributed by atoms with van der Waals surface area (Å²) >= 11 is 3.22. The Bertz CT molecular complexity index is 522. The van der Waals surface area contributed by atoms with E-state index in [2.05, 4.69) is 21.1 Å². The van der Waals surface area contributed by atoms with E-state index in [1.807, 2.05) is 30.3 Å². The number of carbonyl (C=O) groups is 1. The van der Waals surface area contributed by atoms with Crippen LogP contribution in [0.2, 0.25) is 0 Å². The Hall–Kier alpha value is -1.62. The highest BCUT2D eigenvalue weighted by atomic mass is 79.9. The molecule has 0 fully saturated rings. The molecule has 0 aliphatic carbocycles. The van der Waals surface area contributed by atoms with Crippen LogP contribution in [0.5, 0.6) is 0 Å². The Kier molecular flexibility index (Phi) is 3.58. The molecule has 0 radical (unpaired) electrons.